The van der Waals surface area contributed by atoms with E-state index in [1.54, 1.807) is 12.3 Å². The number of carbonyl (C=O) groups excluding carboxylic acids is 1. The average Bonchev–Trinajstić information content (AvgIpc) is 2.62. The van der Waals surface area contributed by atoms with Gasteiger partial charge in [-0.15, -0.1) is 0 Å². The molecule has 2 aromatic heterocycles. The number of carbonyl (C=O) groups is 1. The van der Waals surface area contributed by atoms with Gasteiger partial charge in [-0.2, -0.15) is 0 Å². The van der Waals surface area contributed by atoms with Crippen molar-refractivity contribution in [2.24, 2.45) is 0 Å². The molecule has 0 fully saturated rings. The fourth-order valence-corrected chi connectivity index (χ4v) is 1.98. The molecular weight excluding hydrogens is 290 g/mol. The van der Waals surface area contributed by atoms with Crippen LogP contribution in [0.3, 0.4) is 0 Å². The Bertz CT molecular complexity index is 777. The van der Waals surface area contributed by atoms with Gasteiger partial charge in [0, 0.05) is 18.0 Å². The Morgan fingerprint density at radius 1 is 0.957 bits per heavy atom. The normalized spacial score (nSPS) is 10.1. The van der Waals surface area contributed by atoms with Gasteiger partial charge in [-0.05, 0) is 24.3 Å². The number of nitrogens with one attached hydrogen (secondary N) is 2. The smallest absolute Gasteiger partial charge is 0.274 e. The van der Waals surface area contributed by atoms with Crippen LogP contribution in [0, 0.1) is 0 Å². The van der Waals surface area contributed by atoms with Gasteiger partial charge in [0.25, 0.3) is 5.91 Å². The van der Waals surface area contributed by atoms with Crippen LogP contribution in [0.15, 0.2) is 67.1 Å². The minimum Gasteiger partial charge on any atom is -0.364 e. The molecule has 0 aliphatic heterocycles. The van der Waals surface area contributed by atoms with Crippen molar-refractivity contribution in [3.63, 3.8) is 0 Å². The number of nitrogens with zero attached hydrogens (tertiary/aromatic N) is 3. The van der Waals surface area contributed by atoms with Crippen molar-refractivity contribution < 1.29 is 4.79 Å². The van der Waals surface area contributed by atoms with Crippen LogP contribution in [0.2, 0.25) is 0 Å². The van der Waals surface area contributed by atoms with E-state index >= 15 is 0 Å². The number of hydrogen-bond acceptors (Lipinski definition) is 5. The maximum absolute atomic E-state index is 12.2. The number of benzene rings is 1. The number of aromatic nitrogens is 3. The Labute approximate surface area is 133 Å². The van der Waals surface area contributed by atoms with Crippen molar-refractivity contribution in [2.45, 2.75) is 6.54 Å². The summed E-state index contributed by atoms with van der Waals surface area (Å²) >= 11 is 0. The number of anilines is 2. The molecule has 0 saturated carbocycles. The van der Waals surface area contributed by atoms with E-state index in [1.165, 1.54) is 6.33 Å². The zero-order valence-electron chi connectivity index (χ0n) is 12.3. The number of amides is 1. The summed E-state index contributed by atoms with van der Waals surface area (Å²) in [5.41, 5.74) is 1.91. The molecule has 114 valence electrons. The maximum atomic E-state index is 12.2. The summed E-state index contributed by atoms with van der Waals surface area (Å²) in [6.07, 6.45) is 3.09. The molecule has 2 N–H and O–H groups in total. The van der Waals surface area contributed by atoms with E-state index in [4.69, 9.17) is 0 Å². The predicted molar refractivity (Wildman–Crippen MR) is 88.0 cm³/mol. The molecule has 0 aliphatic carbocycles. The minimum absolute atomic E-state index is 0.278. The number of pyridine rings is 1. The van der Waals surface area contributed by atoms with Crippen molar-refractivity contribution in [3.05, 3.63) is 78.5 Å². The van der Waals surface area contributed by atoms with Gasteiger partial charge < -0.3 is 10.6 Å². The second-order valence-electron chi connectivity index (χ2n) is 4.78. The van der Waals surface area contributed by atoms with Crippen LogP contribution in [0.25, 0.3) is 0 Å². The van der Waals surface area contributed by atoms with E-state index in [9.17, 15) is 4.79 Å². The molecule has 0 spiro atoms. The van der Waals surface area contributed by atoms with Crippen molar-refractivity contribution in [2.75, 3.05) is 10.6 Å². The first-order chi connectivity index (χ1) is 11.3. The van der Waals surface area contributed by atoms with Crippen LogP contribution in [0.5, 0.6) is 0 Å². The van der Waals surface area contributed by atoms with E-state index in [1.807, 2.05) is 48.5 Å². The lowest BCUT2D eigenvalue weighted by Gasteiger charge is -2.07. The van der Waals surface area contributed by atoms with Crippen LogP contribution < -0.4 is 10.6 Å². The van der Waals surface area contributed by atoms with Crippen molar-refractivity contribution in [1.82, 2.24) is 15.0 Å². The third-order valence-corrected chi connectivity index (χ3v) is 3.11. The maximum Gasteiger partial charge on any atom is 0.274 e. The second-order valence-corrected chi connectivity index (χ2v) is 4.78. The van der Waals surface area contributed by atoms with E-state index < -0.39 is 0 Å². The molecule has 1 amide bonds. The first kappa shape index (κ1) is 14.6. The van der Waals surface area contributed by atoms with E-state index in [2.05, 4.69) is 25.6 Å². The van der Waals surface area contributed by atoms with Gasteiger partial charge in [-0.3, -0.25) is 9.78 Å². The molecule has 0 unspecified atom stereocenters. The lowest BCUT2D eigenvalue weighted by atomic mass is 10.3. The molecule has 0 bridgehead atoms. The summed E-state index contributed by atoms with van der Waals surface area (Å²) in [7, 11) is 0. The lowest BCUT2D eigenvalue weighted by molar-refractivity contribution is 0.102. The fraction of sp³-hybridized carbons (Fsp3) is 0.0588. The Morgan fingerprint density at radius 3 is 2.57 bits per heavy atom. The van der Waals surface area contributed by atoms with Crippen molar-refractivity contribution in [1.29, 1.82) is 0 Å². The van der Waals surface area contributed by atoms with Gasteiger partial charge in [0.05, 0.1) is 12.2 Å². The van der Waals surface area contributed by atoms with E-state index in [0.29, 0.717) is 18.1 Å². The SMILES string of the molecule is O=C(Nc1ccccc1)c1cc(NCc2ccccn2)ncn1. The Balaban J connectivity index is 1.66. The largest absolute Gasteiger partial charge is 0.364 e. The fourth-order valence-electron chi connectivity index (χ4n) is 1.98. The molecule has 6 heteroatoms. The highest BCUT2D eigenvalue weighted by atomic mass is 16.1. The monoisotopic (exact) mass is 305 g/mol. The third kappa shape index (κ3) is 4.10. The molecule has 1 aromatic carbocycles. The second kappa shape index (κ2) is 7.13. The third-order valence-electron chi connectivity index (χ3n) is 3.11. The number of hydrogen-bond donors (Lipinski definition) is 2. The molecular formula is C17H15N5O. The Hall–Kier alpha value is -3.28. The van der Waals surface area contributed by atoms with Gasteiger partial charge in [0.15, 0.2) is 0 Å². The minimum atomic E-state index is -0.278. The molecule has 0 atom stereocenters. The van der Waals surface area contributed by atoms with Crippen LogP contribution in [0.4, 0.5) is 11.5 Å². The molecule has 0 saturated heterocycles. The van der Waals surface area contributed by atoms with Gasteiger partial charge in [0.1, 0.15) is 17.8 Å². The van der Waals surface area contributed by atoms with Crippen molar-refractivity contribution >= 4 is 17.4 Å². The molecule has 3 rings (SSSR count). The highest BCUT2D eigenvalue weighted by Crippen LogP contribution is 2.10. The van der Waals surface area contributed by atoms with Crippen LogP contribution in [-0.2, 0) is 6.54 Å². The summed E-state index contributed by atoms with van der Waals surface area (Å²) in [5, 5.41) is 5.92. The summed E-state index contributed by atoms with van der Waals surface area (Å²) < 4.78 is 0. The first-order valence-electron chi connectivity index (χ1n) is 7.13. The summed E-state index contributed by atoms with van der Waals surface area (Å²) in [6.45, 7) is 0.525. The highest BCUT2D eigenvalue weighted by Gasteiger charge is 2.09. The van der Waals surface area contributed by atoms with Gasteiger partial charge in [-0.1, -0.05) is 24.3 Å². The van der Waals surface area contributed by atoms with E-state index in [-0.39, 0.29) is 5.91 Å². The highest BCUT2D eigenvalue weighted by molar-refractivity contribution is 6.03. The zero-order valence-corrected chi connectivity index (χ0v) is 12.3. The van der Waals surface area contributed by atoms with E-state index in [0.717, 1.165) is 11.4 Å². The molecule has 3 aromatic rings. The molecule has 23 heavy (non-hydrogen) atoms. The predicted octanol–water partition coefficient (Wildman–Crippen LogP) is 2.74. The van der Waals surface area contributed by atoms with Gasteiger partial charge in [0.2, 0.25) is 0 Å². The lowest BCUT2D eigenvalue weighted by Crippen LogP contribution is -2.14. The molecule has 0 aliphatic rings. The average molecular weight is 305 g/mol. The number of rotatable bonds is 5. The van der Waals surface area contributed by atoms with Crippen LogP contribution in [0.1, 0.15) is 16.2 Å². The van der Waals surface area contributed by atoms with Crippen LogP contribution in [-0.4, -0.2) is 20.9 Å². The summed E-state index contributed by atoms with van der Waals surface area (Å²) in [5.74, 6) is 0.295. The molecule has 2 heterocycles. The van der Waals surface area contributed by atoms with Crippen LogP contribution >= 0.6 is 0 Å². The quantitative estimate of drug-likeness (QED) is 0.757. The molecule has 6 nitrogen and oxygen atoms in total. The number of para-hydroxylation sites is 1. The summed E-state index contributed by atoms with van der Waals surface area (Å²) in [4.78, 5) is 24.5. The molecule has 0 radical (unpaired) electrons. The van der Waals surface area contributed by atoms with Crippen molar-refractivity contribution in [3.8, 4) is 0 Å². The zero-order chi connectivity index (χ0) is 15.9. The topological polar surface area (TPSA) is 79.8 Å². The van der Waals surface area contributed by atoms with Gasteiger partial charge in [-0.25, -0.2) is 9.97 Å². The standard InChI is InChI=1S/C17H15N5O/c23-17(22-13-6-2-1-3-7-13)15-10-16(21-12-20-15)19-11-14-8-4-5-9-18-14/h1-10,12H,11H2,(H,22,23)(H,19,20,21). The Kier molecular flexibility index (Phi) is 4.54. The summed E-state index contributed by atoms with van der Waals surface area (Å²) in [6, 6.07) is 16.5. The Morgan fingerprint density at radius 2 is 1.78 bits per heavy atom. The first-order valence-corrected chi connectivity index (χ1v) is 7.13. The van der Waals surface area contributed by atoms with Gasteiger partial charge >= 0.3 is 0 Å².